The Morgan fingerprint density at radius 3 is 2.68 bits per heavy atom. The van der Waals surface area contributed by atoms with Gasteiger partial charge < -0.3 is 10.6 Å². The van der Waals surface area contributed by atoms with Crippen molar-refractivity contribution < 1.29 is 17.6 Å². The fourth-order valence-electron chi connectivity index (χ4n) is 4.04. The lowest BCUT2D eigenvalue weighted by Crippen LogP contribution is -2.40. The number of piperidine rings is 1. The molecule has 0 spiro atoms. The van der Waals surface area contributed by atoms with E-state index in [-0.39, 0.29) is 28.9 Å². The van der Waals surface area contributed by atoms with E-state index in [1.54, 1.807) is 4.90 Å². The number of sulfone groups is 1. The number of hydrogen-bond acceptors (Lipinski definition) is 5. The quantitative estimate of drug-likeness (QED) is 0.612. The average molecular weight is 442 g/mol. The number of carbonyl (C=O) groups excluding carboxylic acids is 1. The molecule has 2 N–H and O–H groups in total. The molecule has 0 bridgehead atoms. The van der Waals surface area contributed by atoms with E-state index in [0.29, 0.717) is 18.8 Å². The van der Waals surface area contributed by atoms with E-state index < -0.39 is 15.7 Å². The molecule has 1 atom stereocenters. The number of rotatable bonds is 5. The Morgan fingerprint density at radius 1 is 1.16 bits per heavy atom. The zero-order valence-electron chi connectivity index (χ0n) is 17.0. The van der Waals surface area contributed by atoms with Gasteiger partial charge in [-0.05, 0) is 49.2 Å². The van der Waals surface area contributed by atoms with Gasteiger partial charge in [-0.3, -0.25) is 9.78 Å². The summed E-state index contributed by atoms with van der Waals surface area (Å²) in [6, 6.07) is 14.3. The van der Waals surface area contributed by atoms with E-state index in [0.717, 1.165) is 41.6 Å². The van der Waals surface area contributed by atoms with Gasteiger partial charge in [0.05, 0.1) is 27.5 Å². The zero-order chi connectivity index (χ0) is 22.0. The second-order valence-electron chi connectivity index (χ2n) is 7.86. The molecule has 4 rings (SSSR count). The van der Waals surface area contributed by atoms with E-state index in [4.69, 9.17) is 10.7 Å². The Morgan fingerprint density at radius 2 is 1.90 bits per heavy atom. The highest BCUT2D eigenvalue weighted by Gasteiger charge is 2.28. The summed E-state index contributed by atoms with van der Waals surface area (Å²) in [5, 5.41) is 0.971. The first kappa shape index (κ1) is 21.2. The third-order valence-corrected chi connectivity index (χ3v) is 7.43. The van der Waals surface area contributed by atoms with Crippen molar-refractivity contribution in [3.8, 4) is 0 Å². The number of amides is 1. The lowest BCUT2D eigenvalue weighted by molar-refractivity contribution is -0.132. The summed E-state index contributed by atoms with van der Waals surface area (Å²) in [5.41, 5.74) is 8.51. The van der Waals surface area contributed by atoms with Crippen LogP contribution in [0.1, 0.15) is 30.9 Å². The van der Waals surface area contributed by atoms with Gasteiger partial charge in [-0.1, -0.05) is 18.2 Å². The van der Waals surface area contributed by atoms with Crippen LogP contribution in [0.2, 0.25) is 0 Å². The van der Waals surface area contributed by atoms with Crippen molar-refractivity contribution >= 4 is 32.3 Å². The number of fused-ring (bicyclic) bond motifs is 1. The molecule has 1 aliphatic rings. The average Bonchev–Trinajstić information content (AvgIpc) is 2.77. The molecule has 0 aliphatic carbocycles. The third kappa shape index (κ3) is 4.69. The second kappa shape index (κ2) is 8.63. The molecule has 0 saturated carbocycles. The van der Waals surface area contributed by atoms with Gasteiger partial charge in [-0.25, -0.2) is 12.8 Å². The van der Waals surface area contributed by atoms with Gasteiger partial charge in [0.1, 0.15) is 5.82 Å². The van der Waals surface area contributed by atoms with Crippen molar-refractivity contribution in [2.24, 2.45) is 0 Å². The number of benzene rings is 2. The largest absolute Gasteiger partial charge is 0.397 e. The van der Waals surface area contributed by atoms with Crippen LogP contribution in [-0.2, 0) is 14.6 Å². The van der Waals surface area contributed by atoms with Crippen molar-refractivity contribution in [2.75, 3.05) is 24.6 Å². The molecule has 2 aromatic carbocycles. The van der Waals surface area contributed by atoms with Crippen LogP contribution in [0.15, 0.2) is 59.5 Å². The standard InChI is InChI=1S/C23H24FN3O3S/c24-18-7-9-19(10-8-18)31(29,30)13-11-22(28)27-12-3-5-17(15-27)23-20(25)14-16-4-1-2-6-21(16)26-23/h1-2,4,6-10,14,17H,3,5,11-13,15,25H2. The number of aromatic nitrogens is 1. The molecule has 1 amide bonds. The molecule has 1 unspecified atom stereocenters. The first-order valence-electron chi connectivity index (χ1n) is 10.2. The minimum atomic E-state index is -3.65. The molecular formula is C23H24FN3O3S. The number of carbonyl (C=O) groups is 1. The van der Waals surface area contributed by atoms with Gasteiger partial charge in [0.2, 0.25) is 5.91 Å². The van der Waals surface area contributed by atoms with Crippen molar-refractivity contribution in [1.29, 1.82) is 0 Å². The number of anilines is 1. The number of halogens is 1. The maximum atomic E-state index is 13.1. The summed E-state index contributed by atoms with van der Waals surface area (Å²) in [6.07, 6.45) is 1.55. The molecule has 1 fully saturated rings. The van der Waals surface area contributed by atoms with Crippen LogP contribution < -0.4 is 5.73 Å². The highest BCUT2D eigenvalue weighted by Crippen LogP contribution is 2.31. The normalized spacial score (nSPS) is 17.1. The molecule has 2 heterocycles. The van der Waals surface area contributed by atoms with E-state index >= 15 is 0 Å². The van der Waals surface area contributed by atoms with Crippen LogP contribution in [0.25, 0.3) is 10.9 Å². The minimum absolute atomic E-state index is 0.0102. The predicted octanol–water partition coefficient (Wildman–Crippen LogP) is 3.53. The summed E-state index contributed by atoms with van der Waals surface area (Å²) in [6.45, 7) is 1.05. The molecule has 162 valence electrons. The van der Waals surface area contributed by atoms with Crippen molar-refractivity contribution in [1.82, 2.24) is 9.88 Å². The first-order chi connectivity index (χ1) is 14.8. The van der Waals surface area contributed by atoms with Gasteiger partial charge >= 0.3 is 0 Å². The lowest BCUT2D eigenvalue weighted by atomic mass is 9.92. The number of likely N-dealkylation sites (tertiary alicyclic amines) is 1. The van der Waals surface area contributed by atoms with Crippen molar-refractivity contribution in [3.63, 3.8) is 0 Å². The number of nitrogens with two attached hydrogens (primary N) is 1. The van der Waals surface area contributed by atoms with Crippen molar-refractivity contribution in [3.05, 3.63) is 66.1 Å². The summed E-state index contributed by atoms with van der Waals surface area (Å²) >= 11 is 0. The maximum absolute atomic E-state index is 13.1. The SMILES string of the molecule is Nc1cc2ccccc2nc1C1CCCN(C(=O)CCS(=O)(=O)c2ccc(F)cc2)C1. The summed E-state index contributed by atoms with van der Waals surface area (Å²) < 4.78 is 38.0. The second-order valence-corrected chi connectivity index (χ2v) is 9.97. The van der Waals surface area contributed by atoms with Gasteiger partial charge in [0.25, 0.3) is 0 Å². The van der Waals surface area contributed by atoms with E-state index in [1.165, 1.54) is 12.1 Å². The van der Waals surface area contributed by atoms with Crippen LogP contribution in [0.3, 0.4) is 0 Å². The Balaban J connectivity index is 1.44. The predicted molar refractivity (Wildman–Crippen MR) is 118 cm³/mol. The molecule has 1 aromatic heterocycles. The van der Waals surface area contributed by atoms with Crippen LogP contribution in [0.5, 0.6) is 0 Å². The highest BCUT2D eigenvalue weighted by molar-refractivity contribution is 7.91. The Labute approximate surface area is 180 Å². The fourth-order valence-corrected chi connectivity index (χ4v) is 5.27. The number of pyridine rings is 1. The number of nitrogens with zero attached hydrogens (tertiary/aromatic N) is 2. The van der Waals surface area contributed by atoms with Crippen LogP contribution in [-0.4, -0.2) is 43.1 Å². The van der Waals surface area contributed by atoms with Gasteiger partial charge in [-0.15, -0.1) is 0 Å². The molecule has 31 heavy (non-hydrogen) atoms. The number of nitrogen functional groups attached to an aromatic ring is 1. The van der Waals surface area contributed by atoms with Crippen LogP contribution >= 0.6 is 0 Å². The fraction of sp³-hybridized carbons (Fsp3) is 0.304. The van der Waals surface area contributed by atoms with Crippen LogP contribution in [0, 0.1) is 5.82 Å². The van der Waals surface area contributed by atoms with Crippen LogP contribution in [0.4, 0.5) is 10.1 Å². The molecular weight excluding hydrogens is 417 g/mol. The smallest absolute Gasteiger partial charge is 0.223 e. The van der Waals surface area contributed by atoms with Gasteiger partial charge in [0, 0.05) is 30.8 Å². The van der Waals surface area contributed by atoms with Gasteiger partial charge in [0.15, 0.2) is 9.84 Å². The Kier molecular flexibility index (Phi) is 5.91. The monoisotopic (exact) mass is 441 g/mol. The molecule has 1 aliphatic heterocycles. The third-order valence-electron chi connectivity index (χ3n) is 5.70. The number of para-hydroxylation sites is 1. The van der Waals surface area contributed by atoms with Crippen molar-refractivity contribution in [2.45, 2.75) is 30.1 Å². The van der Waals surface area contributed by atoms with E-state index in [1.807, 2.05) is 30.3 Å². The summed E-state index contributed by atoms with van der Waals surface area (Å²) in [5.74, 6) is -1.02. The molecule has 6 nitrogen and oxygen atoms in total. The molecule has 0 radical (unpaired) electrons. The maximum Gasteiger partial charge on any atom is 0.223 e. The minimum Gasteiger partial charge on any atom is -0.397 e. The lowest BCUT2D eigenvalue weighted by Gasteiger charge is -2.33. The topological polar surface area (TPSA) is 93.4 Å². The summed E-state index contributed by atoms with van der Waals surface area (Å²) in [4.78, 5) is 19.2. The first-order valence-corrected chi connectivity index (χ1v) is 11.9. The highest BCUT2D eigenvalue weighted by atomic mass is 32.2. The Bertz CT molecular complexity index is 1210. The summed E-state index contributed by atoms with van der Waals surface area (Å²) in [7, 11) is -3.65. The molecule has 8 heteroatoms. The zero-order valence-corrected chi connectivity index (χ0v) is 17.8. The Hall–Kier alpha value is -3.00. The number of hydrogen-bond donors (Lipinski definition) is 1. The van der Waals surface area contributed by atoms with E-state index in [2.05, 4.69) is 0 Å². The van der Waals surface area contributed by atoms with Gasteiger partial charge in [-0.2, -0.15) is 0 Å². The molecule has 3 aromatic rings. The van der Waals surface area contributed by atoms with E-state index in [9.17, 15) is 17.6 Å². The molecule has 1 saturated heterocycles.